The van der Waals surface area contributed by atoms with Crippen LogP contribution in [0.3, 0.4) is 0 Å². The summed E-state index contributed by atoms with van der Waals surface area (Å²) in [6.07, 6.45) is 0. The Hall–Kier alpha value is -2.66. The van der Waals surface area contributed by atoms with Crippen LogP contribution < -0.4 is 5.32 Å². The van der Waals surface area contributed by atoms with E-state index in [0.29, 0.717) is 19.6 Å². The Bertz CT molecular complexity index is 781. The van der Waals surface area contributed by atoms with E-state index in [-0.39, 0.29) is 17.7 Å². The summed E-state index contributed by atoms with van der Waals surface area (Å²) in [7, 11) is 0. The second-order valence-corrected chi connectivity index (χ2v) is 7.22. The van der Waals surface area contributed by atoms with E-state index in [1.165, 1.54) is 0 Å². The summed E-state index contributed by atoms with van der Waals surface area (Å²) in [5.74, 6) is 0.187. The van der Waals surface area contributed by atoms with Gasteiger partial charge in [0.05, 0.1) is 6.54 Å². The second kappa shape index (κ2) is 8.82. The number of hydrogen-bond acceptors (Lipinski definition) is 3. The van der Waals surface area contributed by atoms with E-state index >= 15 is 0 Å². The van der Waals surface area contributed by atoms with Crippen molar-refractivity contribution in [2.75, 3.05) is 38.0 Å². The van der Waals surface area contributed by atoms with E-state index in [9.17, 15) is 9.59 Å². The van der Waals surface area contributed by atoms with E-state index in [4.69, 9.17) is 0 Å². The van der Waals surface area contributed by atoms with Gasteiger partial charge in [0, 0.05) is 43.3 Å². The number of hydrogen-bond donors (Lipinski definition) is 1. The summed E-state index contributed by atoms with van der Waals surface area (Å²) in [5, 5.41) is 3.05. The fraction of sp³-hybridized carbons (Fsp3) is 0.364. The molecule has 5 nitrogen and oxygen atoms in total. The Morgan fingerprint density at radius 1 is 0.926 bits per heavy atom. The van der Waals surface area contributed by atoms with Gasteiger partial charge < -0.3 is 10.2 Å². The van der Waals surface area contributed by atoms with E-state index in [1.807, 2.05) is 73.3 Å². The third-order valence-corrected chi connectivity index (χ3v) is 4.83. The zero-order valence-electron chi connectivity index (χ0n) is 16.0. The van der Waals surface area contributed by atoms with Gasteiger partial charge in [0.25, 0.3) is 0 Å². The zero-order valence-corrected chi connectivity index (χ0v) is 16.0. The van der Waals surface area contributed by atoms with Crippen LogP contribution in [0.2, 0.25) is 0 Å². The highest BCUT2D eigenvalue weighted by Crippen LogP contribution is 2.27. The van der Waals surface area contributed by atoms with Crippen molar-refractivity contribution in [3.63, 3.8) is 0 Å². The van der Waals surface area contributed by atoms with Gasteiger partial charge >= 0.3 is 0 Å². The van der Waals surface area contributed by atoms with Crippen LogP contribution in [-0.2, 0) is 9.59 Å². The van der Waals surface area contributed by atoms with Gasteiger partial charge in [-0.25, -0.2) is 0 Å². The minimum absolute atomic E-state index is 0.0225. The fourth-order valence-corrected chi connectivity index (χ4v) is 3.35. The average molecular weight is 365 g/mol. The molecular formula is C22H27N3O2. The predicted molar refractivity (Wildman–Crippen MR) is 108 cm³/mol. The van der Waals surface area contributed by atoms with Gasteiger partial charge in [-0.15, -0.1) is 0 Å². The number of benzene rings is 2. The maximum Gasteiger partial charge on any atom is 0.238 e. The second-order valence-electron chi connectivity index (χ2n) is 7.22. The Morgan fingerprint density at radius 2 is 1.56 bits per heavy atom. The molecular weight excluding hydrogens is 338 g/mol. The molecule has 1 heterocycles. The van der Waals surface area contributed by atoms with Crippen LogP contribution in [0.4, 0.5) is 5.69 Å². The normalized spacial score (nSPS) is 15.0. The number of carbonyl (C=O) groups is 2. The zero-order chi connectivity index (χ0) is 19.2. The molecule has 0 aliphatic carbocycles. The molecule has 1 aliphatic heterocycles. The first-order valence-corrected chi connectivity index (χ1v) is 9.50. The molecule has 0 atom stereocenters. The van der Waals surface area contributed by atoms with Gasteiger partial charge in [0.15, 0.2) is 0 Å². The summed E-state index contributed by atoms with van der Waals surface area (Å²) in [6, 6.07) is 17.9. The first-order valence-electron chi connectivity index (χ1n) is 9.50. The number of amides is 2. The molecule has 1 aliphatic rings. The largest absolute Gasteiger partial charge is 0.340 e. The smallest absolute Gasteiger partial charge is 0.238 e. The van der Waals surface area contributed by atoms with Crippen molar-refractivity contribution in [2.45, 2.75) is 13.8 Å². The maximum atomic E-state index is 12.6. The summed E-state index contributed by atoms with van der Waals surface area (Å²) in [5.41, 5.74) is 2.91. The number of nitrogens with one attached hydrogen (secondary N) is 1. The van der Waals surface area contributed by atoms with Crippen molar-refractivity contribution >= 4 is 17.5 Å². The Kier molecular flexibility index (Phi) is 6.24. The first-order chi connectivity index (χ1) is 13.0. The minimum atomic E-state index is -0.0259. The van der Waals surface area contributed by atoms with E-state index in [1.54, 1.807) is 0 Å². The summed E-state index contributed by atoms with van der Waals surface area (Å²) < 4.78 is 0. The lowest BCUT2D eigenvalue weighted by atomic mass is 10.0. The third-order valence-electron chi connectivity index (χ3n) is 4.83. The molecule has 0 saturated carbocycles. The number of carbonyl (C=O) groups excluding carboxylic acids is 2. The van der Waals surface area contributed by atoms with Gasteiger partial charge in [-0.3, -0.25) is 14.5 Å². The monoisotopic (exact) mass is 365 g/mol. The van der Waals surface area contributed by atoms with E-state index in [2.05, 4.69) is 10.2 Å². The predicted octanol–water partition coefficient (Wildman–Crippen LogP) is 3.09. The van der Waals surface area contributed by atoms with Gasteiger partial charge in [-0.05, 0) is 11.6 Å². The summed E-state index contributed by atoms with van der Waals surface area (Å²) in [4.78, 5) is 28.6. The molecule has 1 saturated heterocycles. The molecule has 1 N–H and O–H groups in total. The van der Waals surface area contributed by atoms with Crippen LogP contribution in [0, 0.1) is 5.92 Å². The molecule has 2 amide bonds. The minimum Gasteiger partial charge on any atom is -0.340 e. The van der Waals surface area contributed by atoms with Crippen LogP contribution in [0.5, 0.6) is 0 Å². The van der Waals surface area contributed by atoms with Crippen molar-refractivity contribution in [3.05, 3.63) is 54.6 Å². The van der Waals surface area contributed by atoms with Crippen LogP contribution in [-0.4, -0.2) is 54.3 Å². The standard InChI is InChI=1S/C22H27N3O2/c1-17(2)22(27)25-14-12-24(13-15-25)16-21(26)23-20-11-7-6-10-19(20)18-8-4-3-5-9-18/h3-11,17H,12-16H2,1-2H3,(H,23,26). The number of rotatable bonds is 5. The van der Waals surface area contributed by atoms with Gasteiger partial charge in [-0.1, -0.05) is 62.4 Å². The Balaban J connectivity index is 1.58. The number of piperazine rings is 1. The lowest BCUT2D eigenvalue weighted by Crippen LogP contribution is -2.51. The highest BCUT2D eigenvalue weighted by molar-refractivity contribution is 5.96. The molecule has 27 heavy (non-hydrogen) atoms. The quantitative estimate of drug-likeness (QED) is 0.886. The third kappa shape index (κ3) is 4.95. The van der Waals surface area contributed by atoms with Gasteiger partial charge in [-0.2, -0.15) is 0 Å². The van der Waals surface area contributed by atoms with Crippen molar-refractivity contribution in [1.82, 2.24) is 9.80 Å². The van der Waals surface area contributed by atoms with Crippen LogP contribution in [0.1, 0.15) is 13.8 Å². The molecule has 0 bridgehead atoms. The Labute approximate surface area is 161 Å². The molecule has 1 fully saturated rings. The summed E-state index contributed by atoms with van der Waals surface area (Å²) in [6.45, 7) is 7.01. The van der Waals surface area contributed by atoms with E-state index < -0.39 is 0 Å². The van der Waals surface area contributed by atoms with Gasteiger partial charge in [0.2, 0.25) is 11.8 Å². The summed E-state index contributed by atoms with van der Waals surface area (Å²) >= 11 is 0. The topological polar surface area (TPSA) is 52.7 Å². The first kappa shape index (κ1) is 19.1. The number of nitrogens with zero attached hydrogens (tertiary/aromatic N) is 2. The molecule has 0 spiro atoms. The highest BCUT2D eigenvalue weighted by atomic mass is 16.2. The van der Waals surface area contributed by atoms with Crippen molar-refractivity contribution < 1.29 is 9.59 Å². The van der Waals surface area contributed by atoms with Crippen molar-refractivity contribution in [3.8, 4) is 11.1 Å². The lowest BCUT2D eigenvalue weighted by molar-refractivity contribution is -0.136. The fourth-order valence-electron chi connectivity index (χ4n) is 3.35. The number of anilines is 1. The molecule has 142 valence electrons. The van der Waals surface area contributed by atoms with Crippen molar-refractivity contribution in [2.24, 2.45) is 5.92 Å². The number of para-hydroxylation sites is 1. The van der Waals surface area contributed by atoms with E-state index in [0.717, 1.165) is 29.9 Å². The Morgan fingerprint density at radius 3 is 2.22 bits per heavy atom. The molecule has 0 aromatic heterocycles. The average Bonchev–Trinajstić information content (AvgIpc) is 2.69. The molecule has 2 aromatic rings. The van der Waals surface area contributed by atoms with Crippen LogP contribution in [0.25, 0.3) is 11.1 Å². The van der Waals surface area contributed by atoms with Crippen LogP contribution in [0.15, 0.2) is 54.6 Å². The molecule has 2 aromatic carbocycles. The maximum absolute atomic E-state index is 12.6. The van der Waals surface area contributed by atoms with Crippen molar-refractivity contribution in [1.29, 1.82) is 0 Å². The van der Waals surface area contributed by atoms with Gasteiger partial charge in [0.1, 0.15) is 0 Å². The lowest BCUT2D eigenvalue weighted by Gasteiger charge is -2.35. The molecule has 5 heteroatoms. The van der Waals surface area contributed by atoms with Crippen LogP contribution >= 0.6 is 0 Å². The molecule has 0 unspecified atom stereocenters. The highest BCUT2D eigenvalue weighted by Gasteiger charge is 2.24. The molecule has 0 radical (unpaired) electrons. The SMILES string of the molecule is CC(C)C(=O)N1CCN(CC(=O)Nc2ccccc2-c2ccccc2)CC1. The molecule has 3 rings (SSSR count).